The molecule has 1 rings (SSSR count). The van der Waals surface area contributed by atoms with Crippen molar-refractivity contribution in [2.75, 3.05) is 13.2 Å². The molecule has 3 nitrogen and oxygen atoms in total. The number of furan rings is 1. The molecule has 17 heavy (non-hydrogen) atoms. The lowest BCUT2D eigenvalue weighted by molar-refractivity contribution is 0.0566. The molecule has 0 aliphatic carbocycles. The summed E-state index contributed by atoms with van der Waals surface area (Å²) >= 11 is 0. The quantitative estimate of drug-likeness (QED) is 0.755. The molecule has 0 saturated carbocycles. The molecule has 0 radical (unpaired) electrons. The zero-order valence-electron chi connectivity index (χ0n) is 11.5. The maximum absolute atomic E-state index is 5.78. The second kappa shape index (κ2) is 7.51. The van der Waals surface area contributed by atoms with Crippen LogP contribution in [0.2, 0.25) is 0 Å². The average Bonchev–Trinajstić information content (AvgIpc) is 2.77. The van der Waals surface area contributed by atoms with Gasteiger partial charge in [-0.05, 0) is 38.9 Å². The molecule has 1 aromatic heterocycles. The predicted octanol–water partition coefficient (Wildman–Crippen LogP) is 3.31. The average molecular weight is 239 g/mol. The predicted molar refractivity (Wildman–Crippen MR) is 70.2 cm³/mol. The number of ether oxygens (including phenoxy) is 1. The fourth-order valence-corrected chi connectivity index (χ4v) is 1.62. The van der Waals surface area contributed by atoms with Crippen LogP contribution >= 0.6 is 0 Å². The second-order valence-electron chi connectivity index (χ2n) is 4.55. The normalized spacial score (nSPS) is 13.2. The smallest absolute Gasteiger partial charge is 0.123 e. The van der Waals surface area contributed by atoms with E-state index in [1.54, 1.807) is 0 Å². The van der Waals surface area contributed by atoms with Crippen molar-refractivity contribution in [1.82, 2.24) is 5.32 Å². The van der Waals surface area contributed by atoms with Crippen LogP contribution in [0.25, 0.3) is 0 Å². The van der Waals surface area contributed by atoms with Gasteiger partial charge in [0, 0.05) is 6.42 Å². The van der Waals surface area contributed by atoms with E-state index in [4.69, 9.17) is 9.15 Å². The third kappa shape index (κ3) is 4.92. The van der Waals surface area contributed by atoms with Crippen LogP contribution in [0.1, 0.15) is 51.7 Å². The fraction of sp³-hybridized carbons (Fsp3) is 0.714. The van der Waals surface area contributed by atoms with Gasteiger partial charge >= 0.3 is 0 Å². The molecule has 1 aromatic rings. The van der Waals surface area contributed by atoms with Crippen molar-refractivity contribution < 1.29 is 9.15 Å². The molecule has 1 N–H and O–H groups in total. The highest BCUT2D eigenvalue weighted by atomic mass is 16.5. The molecular formula is C14H25NO2. The summed E-state index contributed by atoms with van der Waals surface area (Å²) in [7, 11) is 0. The van der Waals surface area contributed by atoms with Gasteiger partial charge in [0.15, 0.2) is 0 Å². The summed E-state index contributed by atoms with van der Waals surface area (Å²) in [5.41, 5.74) is 0. The summed E-state index contributed by atoms with van der Waals surface area (Å²) in [5, 5.41) is 3.46. The van der Waals surface area contributed by atoms with Crippen LogP contribution in [0, 0.1) is 0 Å². The van der Waals surface area contributed by atoms with Gasteiger partial charge in [0.25, 0.3) is 0 Å². The Morgan fingerprint density at radius 2 is 2.06 bits per heavy atom. The standard InChI is InChI=1S/C14H25NO2/c1-5-9-15-13(10-16-11(3)4)14-8-7-12(6-2)17-14/h7-8,11,13,15H,5-6,9-10H2,1-4H3. The Morgan fingerprint density at radius 3 is 2.59 bits per heavy atom. The minimum atomic E-state index is 0.164. The summed E-state index contributed by atoms with van der Waals surface area (Å²) in [6, 6.07) is 4.26. The molecule has 3 heteroatoms. The highest BCUT2D eigenvalue weighted by Crippen LogP contribution is 2.18. The van der Waals surface area contributed by atoms with Crippen LogP contribution in [0.15, 0.2) is 16.5 Å². The largest absolute Gasteiger partial charge is 0.464 e. The summed E-state index contributed by atoms with van der Waals surface area (Å²) < 4.78 is 11.5. The highest BCUT2D eigenvalue weighted by Gasteiger charge is 2.15. The summed E-state index contributed by atoms with van der Waals surface area (Å²) in [6.07, 6.45) is 2.30. The van der Waals surface area contributed by atoms with Crippen molar-refractivity contribution in [3.8, 4) is 0 Å². The molecule has 0 bridgehead atoms. The number of hydrogen-bond acceptors (Lipinski definition) is 3. The molecule has 1 atom stereocenters. The SMILES string of the molecule is CCCNC(COC(C)C)c1ccc(CC)o1. The molecule has 1 heterocycles. The molecule has 1 unspecified atom stereocenters. The summed E-state index contributed by atoms with van der Waals surface area (Å²) in [6.45, 7) is 10.0. The fourth-order valence-electron chi connectivity index (χ4n) is 1.62. The number of hydrogen-bond donors (Lipinski definition) is 1. The molecule has 0 fully saturated rings. The number of nitrogens with one attached hydrogen (secondary N) is 1. The minimum Gasteiger partial charge on any atom is -0.464 e. The molecule has 0 aromatic carbocycles. The summed E-state index contributed by atoms with van der Waals surface area (Å²) in [4.78, 5) is 0. The molecule has 0 spiro atoms. The van der Waals surface area contributed by atoms with Crippen molar-refractivity contribution in [3.05, 3.63) is 23.7 Å². The minimum absolute atomic E-state index is 0.164. The van der Waals surface area contributed by atoms with Crippen LogP contribution in [0.3, 0.4) is 0 Å². The Kier molecular flexibility index (Phi) is 6.30. The van der Waals surface area contributed by atoms with E-state index in [9.17, 15) is 0 Å². The molecular weight excluding hydrogens is 214 g/mol. The molecule has 0 saturated heterocycles. The monoisotopic (exact) mass is 239 g/mol. The van der Waals surface area contributed by atoms with E-state index in [0.717, 1.165) is 30.9 Å². The Hall–Kier alpha value is -0.800. The van der Waals surface area contributed by atoms with Crippen LogP contribution in [0.5, 0.6) is 0 Å². The third-order valence-electron chi connectivity index (χ3n) is 2.61. The Bertz CT molecular complexity index is 307. The van der Waals surface area contributed by atoms with Crippen LogP contribution in [-0.2, 0) is 11.2 Å². The Morgan fingerprint density at radius 1 is 1.29 bits per heavy atom. The maximum Gasteiger partial charge on any atom is 0.123 e. The molecule has 0 aliphatic heterocycles. The lowest BCUT2D eigenvalue weighted by Crippen LogP contribution is -2.27. The van der Waals surface area contributed by atoms with Crippen molar-refractivity contribution in [2.24, 2.45) is 0 Å². The molecule has 0 amide bonds. The summed E-state index contributed by atoms with van der Waals surface area (Å²) in [5.74, 6) is 2.02. The number of aryl methyl sites for hydroxylation is 1. The van der Waals surface area contributed by atoms with Gasteiger partial charge in [-0.3, -0.25) is 0 Å². The van der Waals surface area contributed by atoms with E-state index >= 15 is 0 Å². The zero-order valence-corrected chi connectivity index (χ0v) is 11.5. The first kappa shape index (κ1) is 14.3. The van der Waals surface area contributed by atoms with Gasteiger partial charge in [-0.15, -0.1) is 0 Å². The molecule has 98 valence electrons. The van der Waals surface area contributed by atoms with Crippen LogP contribution < -0.4 is 5.32 Å². The first-order chi connectivity index (χ1) is 8.17. The van der Waals surface area contributed by atoms with Crippen LogP contribution in [0.4, 0.5) is 0 Å². The van der Waals surface area contributed by atoms with E-state index in [1.807, 2.05) is 6.07 Å². The van der Waals surface area contributed by atoms with Crippen LogP contribution in [-0.4, -0.2) is 19.3 Å². The number of rotatable bonds is 8. The van der Waals surface area contributed by atoms with E-state index in [1.165, 1.54) is 0 Å². The van der Waals surface area contributed by atoms with E-state index in [2.05, 4.69) is 39.1 Å². The second-order valence-corrected chi connectivity index (χ2v) is 4.55. The third-order valence-corrected chi connectivity index (χ3v) is 2.61. The maximum atomic E-state index is 5.78. The zero-order chi connectivity index (χ0) is 12.7. The lowest BCUT2D eigenvalue weighted by Gasteiger charge is -2.18. The van der Waals surface area contributed by atoms with E-state index in [0.29, 0.717) is 6.61 Å². The Balaban J connectivity index is 2.60. The van der Waals surface area contributed by atoms with Gasteiger partial charge in [-0.25, -0.2) is 0 Å². The highest BCUT2D eigenvalue weighted by molar-refractivity contribution is 5.11. The van der Waals surface area contributed by atoms with Gasteiger partial charge in [-0.2, -0.15) is 0 Å². The van der Waals surface area contributed by atoms with Crippen molar-refractivity contribution >= 4 is 0 Å². The van der Waals surface area contributed by atoms with E-state index in [-0.39, 0.29) is 12.1 Å². The lowest BCUT2D eigenvalue weighted by atomic mass is 10.2. The van der Waals surface area contributed by atoms with Gasteiger partial charge < -0.3 is 14.5 Å². The van der Waals surface area contributed by atoms with Gasteiger partial charge in [0.05, 0.1) is 18.8 Å². The Labute approximate surface area is 105 Å². The van der Waals surface area contributed by atoms with Gasteiger partial charge in [0.2, 0.25) is 0 Å². The first-order valence-electron chi connectivity index (χ1n) is 6.60. The van der Waals surface area contributed by atoms with Crippen molar-refractivity contribution in [3.63, 3.8) is 0 Å². The van der Waals surface area contributed by atoms with Crippen molar-refractivity contribution in [2.45, 2.75) is 52.7 Å². The van der Waals surface area contributed by atoms with Crippen molar-refractivity contribution in [1.29, 1.82) is 0 Å². The topological polar surface area (TPSA) is 34.4 Å². The molecule has 0 aliphatic rings. The van der Waals surface area contributed by atoms with E-state index < -0.39 is 0 Å². The first-order valence-corrected chi connectivity index (χ1v) is 6.60. The van der Waals surface area contributed by atoms with Gasteiger partial charge in [-0.1, -0.05) is 13.8 Å². The van der Waals surface area contributed by atoms with Gasteiger partial charge in [0.1, 0.15) is 11.5 Å².